The Hall–Kier alpha value is -1.92. The molecule has 6 heteroatoms. The van der Waals surface area contributed by atoms with E-state index in [9.17, 15) is 4.79 Å². The molecule has 2 aliphatic rings. The van der Waals surface area contributed by atoms with Crippen molar-refractivity contribution < 1.29 is 14.3 Å². The second-order valence-electron chi connectivity index (χ2n) is 6.85. The van der Waals surface area contributed by atoms with Crippen molar-refractivity contribution >= 4 is 16.9 Å². The quantitative estimate of drug-likeness (QED) is 0.873. The summed E-state index contributed by atoms with van der Waals surface area (Å²) in [4.78, 5) is 20.1. The second kappa shape index (κ2) is 6.18. The van der Waals surface area contributed by atoms with Crippen LogP contribution in [0.4, 0.5) is 0 Å². The number of aryl methyl sites for hydroxylation is 1. The Kier molecular flexibility index (Phi) is 4.02. The number of ether oxygens (including phenoxy) is 2. The SMILES string of the molecule is COC[C@@H]1[C@H](NC(=O)Cc2ccc3nc(C)[nH]c3c2)[C@@H]2CCO[C@H]12. The molecular weight excluding hydrogens is 306 g/mol. The molecule has 1 aromatic carbocycles. The van der Waals surface area contributed by atoms with Gasteiger partial charge in [0.15, 0.2) is 0 Å². The molecule has 1 saturated carbocycles. The first-order chi connectivity index (χ1) is 11.7. The summed E-state index contributed by atoms with van der Waals surface area (Å²) in [5.41, 5.74) is 2.90. The third-order valence-electron chi connectivity index (χ3n) is 5.24. The molecule has 2 heterocycles. The summed E-state index contributed by atoms with van der Waals surface area (Å²) < 4.78 is 11.0. The Morgan fingerprint density at radius 1 is 1.50 bits per heavy atom. The first-order valence-corrected chi connectivity index (χ1v) is 8.51. The highest BCUT2D eigenvalue weighted by Crippen LogP contribution is 2.43. The fourth-order valence-electron chi connectivity index (χ4n) is 4.15. The smallest absolute Gasteiger partial charge is 0.224 e. The van der Waals surface area contributed by atoms with E-state index in [2.05, 4.69) is 15.3 Å². The van der Waals surface area contributed by atoms with Crippen LogP contribution in [-0.4, -0.2) is 48.3 Å². The van der Waals surface area contributed by atoms with Gasteiger partial charge >= 0.3 is 0 Å². The number of amides is 1. The van der Waals surface area contributed by atoms with Crippen molar-refractivity contribution in [2.45, 2.75) is 31.9 Å². The number of nitrogens with one attached hydrogen (secondary N) is 2. The lowest BCUT2D eigenvalue weighted by molar-refractivity contribution is -0.129. The first kappa shape index (κ1) is 15.6. The fourth-order valence-corrected chi connectivity index (χ4v) is 4.15. The zero-order valence-electron chi connectivity index (χ0n) is 14.0. The largest absolute Gasteiger partial charge is 0.384 e. The van der Waals surface area contributed by atoms with Crippen LogP contribution in [0.2, 0.25) is 0 Å². The third kappa shape index (κ3) is 2.70. The van der Waals surface area contributed by atoms with Crippen molar-refractivity contribution in [3.8, 4) is 0 Å². The summed E-state index contributed by atoms with van der Waals surface area (Å²) >= 11 is 0. The summed E-state index contributed by atoms with van der Waals surface area (Å²) in [6.45, 7) is 3.35. The molecular formula is C18H23N3O3. The Balaban J connectivity index is 1.41. The molecule has 1 saturated heterocycles. The van der Waals surface area contributed by atoms with Gasteiger partial charge in [-0.2, -0.15) is 0 Å². The molecule has 1 aromatic heterocycles. The lowest BCUT2D eigenvalue weighted by Crippen LogP contribution is -2.62. The van der Waals surface area contributed by atoms with Crippen molar-refractivity contribution in [3.63, 3.8) is 0 Å². The van der Waals surface area contributed by atoms with Gasteiger partial charge < -0.3 is 19.8 Å². The number of aromatic amines is 1. The van der Waals surface area contributed by atoms with E-state index in [-0.39, 0.29) is 24.0 Å². The number of rotatable bonds is 5. The fraction of sp³-hybridized carbons (Fsp3) is 0.556. The van der Waals surface area contributed by atoms with Crippen molar-refractivity contribution in [3.05, 3.63) is 29.6 Å². The standard InChI is InChI=1S/C18H23N3O3/c1-10-19-14-4-3-11(7-15(14)20-10)8-16(22)21-17-12-5-6-24-18(12)13(17)9-23-2/h3-4,7,12-13,17-18H,5-6,8-9H2,1-2H3,(H,19,20)(H,21,22)/t12-,13+,17+,18-/m0/s1. The molecule has 1 aliphatic heterocycles. The molecule has 6 nitrogen and oxygen atoms in total. The molecule has 1 aliphatic carbocycles. The molecule has 0 radical (unpaired) electrons. The van der Waals surface area contributed by atoms with E-state index in [0.29, 0.717) is 18.9 Å². The topological polar surface area (TPSA) is 76.2 Å². The van der Waals surface area contributed by atoms with Gasteiger partial charge in [0, 0.05) is 31.6 Å². The van der Waals surface area contributed by atoms with E-state index in [1.807, 2.05) is 25.1 Å². The highest BCUT2D eigenvalue weighted by molar-refractivity contribution is 5.82. The Morgan fingerprint density at radius 2 is 2.38 bits per heavy atom. The van der Waals surface area contributed by atoms with Gasteiger partial charge in [-0.3, -0.25) is 4.79 Å². The molecule has 1 amide bonds. The van der Waals surface area contributed by atoms with Crippen LogP contribution in [0.25, 0.3) is 11.0 Å². The highest BCUT2D eigenvalue weighted by atomic mass is 16.5. The molecule has 24 heavy (non-hydrogen) atoms. The lowest BCUT2D eigenvalue weighted by atomic mass is 9.67. The average molecular weight is 329 g/mol. The van der Waals surface area contributed by atoms with E-state index in [0.717, 1.165) is 35.4 Å². The number of hydrogen-bond donors (Lipinski definition) is 2. The van der Waals surface area contributed by atoms with E-state index in [1.165, 1.54) is 0 Å². The van der Waals surface area contributed by atoms with Gasteiger partial charge in [-0.05, 0) is 31.0 Å². The van der Waals surface area contributed by atoms with E-state index in [4.69, 9.17) is 9.47 Å². The number of H-pyrrole nitrogens is 1. The van der Waals surface area contributed by atoms with Gasteiger partial charge in [0.2, 0.25) is 5.91 Å². The van der Waals surface area contributed by atoms with Crippen molar-refractivity contribution in [1.82, 2.24) is 15.3 Å². The molecule has 2 aromatic rings. The maximum absolute atomic E-state index is 12.5. The minimum absolute atomic E-state index is 0.0574. The molecule has 2 fully saturated rings. The van der Waals surface area contributed by atoms with Gasteiger partial charge in [0.1, 0.15) is 5.82 Å². The first-order valence-electron chi connectivity index (χ1n) is 8.51. The molecule has 4 rings (SSSR count). The van der Waals surface area contributed by atoms with Gasteiger partial charge in [-0.25, -0.2) is 4.98 Å². The number of imidazole rings is 1. The van der Waals surface area contributed by atoms with Crippen molar-refractivity contribution in [2.24, 2.45) is 11.8 Å². The maximum atomic E-state index is 12.5. The highest BCUT2D eigenvalue weighted by Gasteiger charge is 2.54. The predicted octanol–water partition coefficient (Wildman–Crippen LogP) is 1.58. The average Bonchev–Trinajstić information content (AvgIpc) is 3.13. The zero-order valence-corrected chi connectivity index (χ0v) is 14.0. The number of fused-ring (bicyclic) bond motifs is 2. The number of benzene rings is 1. The van der Waals surface area contributed by atoms with Gasteiger partial charge in [0.05, 0.1) is 30.2 Å². The number of carbonyl (C=O) groups excluding carboxylic acids is 1. The van der Waals surface area contributed by atoms with Gasteiger partial charge in [-0.1, -0.05) is 6.07 Å². The summed E-state index contributed by atoms with van der Waals surface area (Å²) in [5.74, 6) is 1.65. The molecule has 128 valence electrons. The Morgan fingerprint density at radius 3 is 3.21 bits per heavy atom. The molecule has 0 spiro atoms. The van der Waals surface area contributed by atoms with Gasteiger partial charge in [-0.15, -0.1) is 0 Å². The monoisotopic (exact) mass is 329 g/mol. The third-order valence-corrected chi connectivity index (χ3v) is 5.24. The number of carbonyl (C=O) groups is 1. The number of methoxy groups -OCH3 is 1. The van der Waals surface area contributed by atoms with E-state index < -0.39 is 0 Å². The number of aromatic nitrogens is 2. The van der Waals surface area contributed by atoms with Crippen molar-refractivity contribution in [2.75, 3.05) is 20.3 Å². The van der Waals surface area contributed by atoms with Crippen LogP contribution in [0.3, 0.4) is 0 Å². The van der Waals surface area contributed by atoms with Crippen LogP contribution in [-0.2, 0) is 20.7 Å². The van der Waals surface area contributed by atoms with Crippen molar-refractivity contribution in [1.29, 1.82) is 0 Å². The van der Waals surface area contributed by atoms with Crippen LogP contribution < -0.4 is 5.32 Å². The normalized spacial score (nSPS) is 28.6. The van der Waals surface area contributed by atoms with Crippen LogP contribution in [0.5, 0.6) is 0 Å². The van der Waals surface area contributed by atoms with E-state index in [1.54, 1.807) is 7.11 Å². The van der Waals surface area contributed by atoms with Crippen LogP contribution in [0, 0.1) is 18.8 Å². The van der Waals surface area contributed by atoms with Gasteiger partial charge in [0.25, 0.3) is 0 Å². The second-order valence-corrected chi connectivity index (χ2v) is 6.85. The van der Waals surface area contributed by atoms with Crippen LogP contribution in [0.1, 0.15) is 17.8 Å². The minimum Gasteiger partial charge on any atom is -0.384 e. The summed E-state index contributed by atoms with van der Waals surface area (Å²) in [5, 5.41) is 3.20. The number of nitrogens with zero attached hydrogens (tertiary/aromatic N) is 1. The minimum atomic E-state index is 0.0574. The molecule has 4 atom stereocenters. The molecule has 2 N–H and O–H groups in total. The predicted molar refractivity (Wildman–Crippen MR) is 89.7 cm³/mol. The summed E-state index contributed by atoms with van der Waals surface area (Å²) in [6.07, 6.45) is 1.65. The summed E-state index contributed by atoms with van der Waals surface area (Å²) in [6, 6.07) is 6.10. The van der Waals surface area contributed by atoms with Crippen LogP contribution in [0.15, 0.2) is 18.2 Å². The Bertz CT molecular complexity index is 757. The van der Waals surface area contributed by atoms with Crippen LogP contribution >= 0.6 is 0 Å². The molecule has 0 unspecified atom stereocenters. The van der Waals surface area contributed by atoms with E-state index >= 15 is 0 Å². The summed E-state index contributed by atoms with van der Waals surface area (Å²) in [7, 11) is 1.70. The lowest BCUT2D eigenvalue weighted by Gasteiger charge is -2.47. The molecule has 0 bridgehead atoms. The number of hydrogen-bond acceptors (Lipinski definition) is 4. The Labute approximate surface area is 140 Å². The zero-order chi connectivity index (χ0) is 16.7. The maximum Gasteiger partial charge on any atom is 0.224 e.